The lowest BCUT2D eigenvalue weighted by Crippen LogP contribution is -2.45. The lowest BCUT2D eigenvalue weighted by atomic mass is 10.1. The van der Waals surface area contributed by atoms with Crippen LogP contribution in [0.2, 0.25) is 5.02 Å². The third kappa shape index (κ3) is 6.89. The standard InChI is InChI=1S/C23H32ClN3O2/c1-3-28-22-15-20(16-26-10-13-27-11-8-25-9-12-27)14-21(24)23(22)29-17-19-6-4-18(2)5-7-19/h4-7,14-15,25-26H,3,8-13,16-17H2,1-2H3. The van der Waals surface area contributed by atoms with Crippen LogP contribution in [0.4, 0.5) is 0 Å². The van der Waals surface area contributed by atoms with E-state index >= 15 is 0 Å². The lowest BCUT2D eigenvalue weighted by Gasteiger charge is -2.27. The summed E-state index contributed by atoms with van der Waals surface area (Å²) in [5.41, 5.74) is 3.44. The highest BCUT2D eigenvalue weighted by atomic mass is 35.5. The molecule has 2 aromatic rings. The number of halogens is 1. The van der Waals surface area contributed by atoms with Crippen LogP contribution in [0.1, 0.15) is 23.6 Å². The Bertz CT molecular complexity index is 761. The summed E-state index contributed by atoms with van der Waals surface area (Å²) in [7, 11) is 0. The molecule has 2 N–H and O–H groups in total. The summed E-state index contributed by atoms with van der Waals surface area (Å²) in [4.78, 5) is 2.48. The molecular weight excluding hydrogens is 386 g/mol. The predicted molar refractivity (Wildman–Crippen MR) is 119 cm³/mol. The third-order valence-electron chi connectivity index (χ3n) is 5.02. The van der Waals surface area contributed by atoms with Crippen molar-refractivity contribution in [3.05, 3.63) is 58.1 Å². The number of rotatable bonds is 10. The van der Waals surface area contributed by atoms with Crippen molar-refractivity contribution in [3.63, 3.8) is 0 Å². The fourth-order valence-corrected chi connectivity index (χ4v) is 3.66. The van der Waals surface area contributed by atoms with Crippen LogP contribution in [0.5, 0.6) is 11.5 Å². The van der Waals surface area contributed by atoms with Gasteiger partial charge in [0.05, 0.1) is 11.6 Å². The van der Waals surface area contributed by atoms with Gasteiger partial charge in [0.25, 0.3) is 0 Å². The molecule has 1 fully saturated rings. The first-order valence-corrected chi connectivity index (χ1v) is 10.8. The minimum absolute atomic E-state index is 0.461. The SMILES string of the molecule is CCOc1cc(CNCCN2CCNCC2)cc(Cl)c1OCc1ccc(C)cc1. The number of benzene rings is 2. The van der Waals surface area contributed by atoms with Gasteiger partial charge in [-0.15, -0.1) is 0 Å². The van der Waals surface area contributed by atoms with Gasteiger partial charge in [0, 0.05) is 45.8 Å². The molecule has 1 saturated heterocycles. The van der Waals surface area contributed by atoms with E-state index < -0.39 is 0 Å². The number of hydrogen-bond acceptors (Lipinski definition) is 5. The first-order valence-electron chi connectivity index (χ1n) is 10.4. The van der Waals surface area contributed by atoms with Crippen LogP contribution in [-0.4, -0.2) is 50.8 Å². The van der Waals surface area contributed by atoms with E-state index in [0.717, 1.165) is 56.9 Å². The Hall–Kier alpha value is -1.79. The molecule has 6 heteroatoms. The number of nitrogens with zero attached hydrogens (tertiary/aromatic N) is 1. The van der Waals surface area contributed by atoms with Crippen LogP contribution in [0.15, 0.2) is 36.4 Å². The van der Waals surface area contributed by atoms with E-state index in [1.165, 1.54) is 5.56 Å². The molecular formula is C23H32ClN3O2. The Balaban J connectivity index is 1.57. The molecule has 0 aliphatic carbocycles. The molecule has 0 atom stereocenters. The highest BCUT2D eigenvalue weighted by Crippen LogP contribution is 2.37. The topological polar surface area (TPSA) is 45.8 Å². The van der Waals surface area contributed by atoms with Crippen molar-refractivity contribution in [2.75, 3.05) is 45.9 Å². The predicted octanol–water partition coefficient (Wildman–Crippen LogP) is 3.62. The smallest absolute Gasteiger partial charge is 0.180 e. The molecule has 0 saturated carbocycles. The minimum atomic E-state index is 0.461. The highest BCUT2D eigenvalue weighted by Gasteiger charge is 2.13. The number of ether oxygens (including phenoxy) is 2. The van der Waals surface area contributed by atoms with Gasteiger partial charge < -0.3 is 20.1 Å². The number of aryl methyl sites for hydroxylation is 1. The normalized spacial score (nSPS) is 14.7. The second kappa shape index (κ2) is 11.4. The van der Waals surface area contributed by atoms with Gasteiger partial charge in [0.2, 0.25) is 0 Å². The summed E-state index contributed by atoms with van der Waals surface area (Å²) in [6.45, 7) is 12.2. The molecule has 2 aromatic carbocycles. The zero-order valence-electron chi connectivity index (χ0n) is 17.5. The van der Waals surface area contributed by atoms with Crippen LogP contribution >= 0.6 is 11.6 Å². The summed E-state index contributed by atoms with van der Waals surface area (Å²) in [5, 5.41) is 7.48. The molecule has 1 heterocycles. The van der Waals surface area contributed by atoms with E-state index in [1.807, 2.05) is 19.1 Å². The maximum Gasteiger partial charge on any atom is 0.180 e. The molecule has 0 aromatic heterocycles. The summed E-state index contributed by atoms with van der Waals surface area (Å²) < 4.78 is 11.8. The molecule has 1 aliphatic heterocycles. The van der Waals surface area contributed by atoms with Crippen molar-refractivity contribution in [2.24, 2.45) is 0 Å². The van der Waals surface area contributed by atoms with E-state index in [-0.39, 0.29) is 0 Å². The molecule has 5 nitrogen and oxygen atoms in total. The van der Waals surface area contributed by atoms with Gasteiger partial charge in [-0.1, -0.05) is 41.4 Å². The largest absolute Gasteiger partial charge is 0.490 e. The Morgan fingerprint density at radius 1 is 1.07 bits per heavy atom. The van der Waals surface area contributed by atoms with Crippen molar-refractivity contribution in [2.45, 2.75) is 27.0 Å². The quantitative estimate of drug-likeness (QED) is 0.578. The average Bonchev–Trinajstić information content (AvgIpc) is 2.73. The fraction of sp³-hybridized carbons (Fsp3) is 0.478. The minimum Gasteiger partial charge on any atom is -0.490 e. The van der Waals surface area contributed by atoms with E-state index in [1.54, 1.807) is 0 Å². The van der Waals surface area contributed by atoms with Crippen LogP contribution in [-0.2, 0) is 13.2 Å². The summed E-state index contributed by atoms with van der Waals surface area (Å²) in [6.07, 6.45) is 0. The van der Waals surface area contributed by atoms with Crippen LogP contribution in [0.25, 0.3) is 0 Å². The maximum absolute atomic E-state index is 6.55. The third-order valence-corrected chi connectivity index (χ3v) is 5.30. The number of nitrogens with one attached hydrogen (secondary N) is 2. The van der Waals surface area contributed by atoms with Crippen LogP contribution in [0, 0.1) is 6.92 Å². The second-order valence-electron chi connectivity index (χ2n) is 7.38. The zero-order valence-corrected chi connectivity index (χ0v) is 18.2. The Labute approximate surface area is 179 Å². The van der Waals surface area contributed by atoms with Crippen molar-refractivity contribution in [3.8, 4) is 11.5 Å². The molecule has 0 amide bonds. The van der Waals surface area contributed by atoms with E-state index in [4.69, 9.17) is 21.1 Å². The van der Waals surface area contributed by atoms with Crippen molar-refractivity contribution in [1.29, 1.82) is 0 Å². The second-order valence-corrected chi connectivity index (χ2v) is 7.79. The van der Waals surface area contributed by atoms with Gasteiger partial charge in [0.15, 0.2) is 11.5 Å². The van der Waals surface area contributed by atoms with Crippen LogP contribution in [0.3, 0.4) is 0 Å². The van der Waals surface area contributed by atoms with Crippen LogP contribution < -0.4 is 20.1 Å². The van der Waals surface area contributed by atoms with Gasteiger partial charge in [0.1, 0.15) is 6.61 Å². The van der Waals surface area contributed by atoms with Crippen molar-refractivity contribution >= 4 is 11.6 Å². The van der Waals surface area contributed by atoms with Crippen molar-refractivity contribution in [1.82, 2.24) is 15.5 Å². The molecule has 1 aliphatic rings. The number of piperazine rings is 1. The molecule has 3 rings (SSSR count). The summed E-state index contributed by atoms with van der Waals surface area (Å²) in [5.74, 6) is 1.31. The molecule has 0 bridgehead atoms. The van der Waals surface area contributed by atoms with Gasteiger partial charge in [-0.05, 0) is 37.1 Å². The van der Waals surface area contributed by atoms with E-state index in [2.05, 4.69) is 46.7 Å². The summed E-state index contributed by atoms with van der Waals surface area (Å²) >= 11 is 6.55. The lowest BCUT2D eigenvalue weighted by molar-refractivity contribution is 0.241. The first kappa shape index (κ1) is 21.9. The maximum atomic E-state index is 6.55. The van der Waals surface area contributed by atoms with E-state index in [0.29, 0.717) is 29.7 Å². The fourth-order valence-electron chi connectivity index (χ4n) is 3.37. The Morgan fingerprint density at radius 2 is 1.83 bits per heavy atom. The monoisotopic (exact) mass is 417 g/mol. The van der Waals surface area contributed by atoms with Gasteiger partial charge in [-0.3, -0.25) is 4.90 Å². The van der Waals surface area contributed by atoms with Gasteiger partial charge in [-0.2, -0.15) is 0 Å². The van der Waals surface area contributed by atoms with Gasteiger partial charge in [-0.25, -0.2) is 0 Å². The van der Waals surface area contributed by atoms with Crippen molar-refractivity contribution < 1.29 is 9.47 Å². The van der Waals surface area contributed by atoms with Gasteiger partial charge >= 0.3 is 0 Å². The Kier molecular flexibility index (Phi) is 8.62. The zero-order chi connectivity index (χ0) is 20.5. The molecule has 29 heavy (non-hydrogen) atoms. The summed E-state index contributed by atoms with van der Waals surface area (Å²) in [6, 6.07) is 12.3. The first-order chi connectivity index (χ1) is 14.2. The molecule has 0 radical (unpaired) electrons. The highest BCUT2D eigenvalue weighted by molar-refractivity contribution is 6.32. The average molecular weight is 418 g/mol. The number of hydrogen-bond donors (Lipinski definition) is 2. The molecule has 0 spiro atoms. The molecule has 0 unspecified atom stereocenters. The van der Waals surface area contributed by atoms with E-state index in [9.17, 15) is 0 Å². The molecule has 158 valence electrons. The Morgan fingerprint density at radius 3 is 2.55 bits per heavy atom.